The Morgan fingerprint density at radius 1 is 1.12 bits per heavy atom. The molecule has 1 aliphatic rings. The first-order valence-electron chi connectivity index (χ1n) is 8.64. The standard InChI is InChI=1S/C17H23N7O2/c1-26-11-3-6-18-16-21-12-14(13-22-16)15(25)23-7-9-24(10-8-23)17-19-4-2-5-20-17/h2,4-5,12-13H,3,6-11H2,1H3,(H,18,21,22). The summed E-state index contributed by atoms with van der Waals surface area (Å²) in [6, 6.07) is 1.79. The molecule has 2 aromatic rings. The quantitative estimate of drug-likeness (QED) is 0.723. The second-order valence-electron chi connectivity index (χ2n) is 5.90. The van der Waals surface area contributed by atoms with E-state index in [1.165, 1.54) is 0 Å². The zero-order valence-corrected chi connectivity index (χ0v) is 14.8. The van der Waals surface area contributed by atoms with Crippen molar-refractivity contribution in [2.45, 2.75) is 6.42 Å². The lowest BCUT2D eigenvalue weighted by Gasteiger charge is -2.34. The first kappa shape index (κ1) is 18.0. The number of methoxy groups -OCH3 is 1. The highest BCUT2D eigenvalue weighted by molar-refractivity contribution is 5.93. The Kier molecular flexibility index (Phi) is 6.26. The van der Waals surface area contributed by atoms with E-state index in [1.54, 1.807) is 38.0 Å². The molecule has 0 atom stereocenters. The van der Waals surface area contributed by atoms with Crippen molar-refractivity contribution < 1.29 is 9.53 Å². The summed E-state index contributed by atoms with van der Waals surface area (Å²) < 4.78 is 4.99. The summed E-state index contributed by atoms with van der Waals surface area (Å²) in [5, 5.41) is 3.10. The summed E-state index contributed by atoms with van der Waals surface area (Å²) in [6.07, 6.45) is 7.46. The molecule has 1 aliphatic heterocycles. The number of piperazine rings is 1. The predicted molar refractivity (Wildman–Crippen MR) is 97.2 cm³/mol. The monoisotopic (exact) mass is 357 g/mol. The smallest absolute Gasteiger partial charge is 0.257 e. The highest BCUT2D eigenvalue weighted by Gasteiger charge is 2.23. The van der Waals surface area contributed by atoms with Crippen LogP contribution < -0.4 is 10.2 Å². The van der Waals surface area contributed by atoms with Crippen LogP contribution in [-0.4, -0.2) is 77.2 Å². The second-order valence-corrected chi connectivity index (χ2v) is 5.90. The Morgan fingerprint density at radius 3 is 2.46 bits per heavy atom. The van der Waals surface area contributed by atoms with Crippen LogP contribution in [0, 0.1) is 0 Å². The molecule has 1 amide bonds. The molecule has 9 heteroatoms. The van der Waals surface area contributed by atoms with Crippen LogP contribution in [0.15, 0.2) is 30.9 Å². The van der Waals surface area contributed by atoms with E-state index < -0.39 is 0 Å². The summed E-state index contributed by atoms with van der Waals surface area (Å²) in [4.78, 5) is 33.4. The molecule has 0 radical (unpaired) electrons. The van der Waals surface area contributed by atoms with E-state index in [9.17, 15) is 4.79 Å². The van der Waals surface area contributed by atoms with Gasteiger partial charge >= 0.3 is 0 Å². The van der Waals surface area contributed by atoms with Gasteiger partial charge in [-0.05, 0) is 12.5 Å². The predicted octanol–water partition coefficient (Wildman–Crippen LogP) is 0.677. The van der Waals surface area contributed by atoms with Gasteiger partial charge in [-0.3, -0.25) is 4.79 Å². The second kappa shape index (κ2) is 9.04. The fraction of sp³-hybridized carbons (Fsp3) is 0.471. The number of carbonyl (C=O) groups is 1. The lowest BCUT2D eigenvalue weighted by molar-refractivity contribution is 0.0745. The van der Waals surface area contributed by atoms with E-state index in [1.807, 2.05) is 4.90 Å². The molecular formula is C17H23N7O2. The number of aromatic nitrogens is 4. The summed E-state index contributed by atoms with van der Waals surface area (Å²) in [5.41, 5.74) is 0.497. The number of carbonyl (C=O) groups excluding carboxylic acids is 1. The Labute approximate surface area is 152 Å². The fourth-order valence-electron chi connectivity index (χ4n) is 2.69. The highest BCUT2D eigenvalue weighted by atomic mass is 16.5. The normalized spacial score (nSPS) is 14.3. The van der Waals surface area contributed by atoms with E-state index in [0.29, 0.717) is 50.2 Å². The molecular weight excluding hydrogens is 334 g/mol. The minimum atomic E-state index is -0.0513. The molecule has 1 fully saturated rings. The molecule has 1 saturated heterocycles. The van der Waals surface area contributed by atoms with Crippen molar-refractivity contribution in [3.8, 4) is 0 Å². The number of nitrogens with zero attached hydrogens (tertiary/aromatic N) is 6. The van der Waals surface area contributed by atoms with Gasteiger partial charge < -0.3 is 19.9 Å². The fourth-order valence-corrected chi connectivity index (χ4v) is 2.69. The molecule has 0 aliphatic carbocycles. The van der Waals surface area contributed by atoms with E-state index in [4.69, 9.17) is 4.74 Å². The van der Waals surface area contributed by atoms with Crippen molar-refractivity contribution >= 4 is 17.8 Å². The third-order valence-corrected chi connectivity index (χ3v) is 4.11. The maximum absolute atomic E-state index is 12.6. The van der Waals surface area contributed by atoms with Crippen molar-refractivity contribution in [1.82, 2.24) is 24.8 Å². The number of ether oxygens (including phenoxy) is 1. The van der Waals surface area contributed by atoms with Crippen LogP contribution >= 0.6 is 0 Å². The van der Waals surface area contributed by atoms with E-state index >= 15 is 0 Å². The highest BCUT2D eigenvalue weighted by Crippen LogP contribution is 2.12. The molecule has 2 aromatic heterocycles. The molecule has 26 heavy (non-hydrogen) atoms. The Morgan fingerprint density at radius 2 is 1.81 bits per heavy atom. The van der Waals surface area contributed by atoms with Gasteiger partial charge in [0.25, 0.3) is 5.91 Å². The Hall–Kier alpha value is -2.81. The minimum Gasteiger partial charge on any atom is -0.385 e. The van der Waals surface area contributed by atoms with E-state index in [2.05, 4.69) is 30.2 Å². The van der Waals surface area contributed by atoms with Gasteiger partial charge in [-0.1, -0.05) is 0 Å². The van der Waals surface area contributed by atoms with Crippen LogP contribution in [0.4, 0.5) is 11.9 Å². The van der Waals surface area contributed by atoms with Gasteiger partial charge in [-0.2, -0.15) is 0 Å². The lowest BCUT2D eigenvalue weighted by atomic mass is 10.2. The maximum Gasteiger partial charge on any atom is 0.257 e. The summed E-state index contributed by atoms with van der Waals surface area (Å²) in [5.74, 6) is 1.17. The third-order valence-electron chi connectivity index (χ3n) is 4.11. The van der Waals surface area contributed by atoms with Crippen LogP contribution in [0.5, 0.6) is 0 Å². The van der Waals surface area contributed by atoms with Crippen LogP contribution in [0.3, 0.4) is 0 Å². The van der Waals surface area contributed by atoms with Gasteiger partial charge in [-0.15, -0.1) is 0 Å². The van der Waals surface area contributed by atoms with E-state index in [-0.39, 0.29) is 5.91 Å². The van der Waals surface area contributed by atoms with Gasteiger partial charge in [0.1, 0.15) is 0 Å². The van der Waals surface area contributed by atoms with Crippen LogP contribution in [0.2, 0.25) is 0 Å². The maximum atomic E-state index is 12.6. The van der Waals surface area contributed by atoms with Gasteiger partial charge in [0.15, 0.2) is 0 Å². The van der Waals surface area contributed by atoms with Crippen molar-refractivity contribution in [2.75, 3.05) is 56.7 Å². The van der Waals surface area contributed by atoms with Crippen LogP contribution in [-0.2, 0) is 4.74 Å². The first-order chi connectivity index (χ1) is 12.8. The number of hydrogen-bond donors (Lipinski definition) is 1. The minimum absolute atomic E-state index is 0.0513. The van der Waals surface area contributed by atoms with E-state index in [0.717, 1.165) is 13.0 Å². The molecule has 9 nitrogen and oxygen atoms in total. The van der Waals surface area contributed by atoms with Crippen LogP contribution in [0.25, 0.3) is 0 Å². The number of rotatable bonds is 7. The zero-order chi connectivity index (χ0) is 18.2. The van der Waals surface area contributed by atoms with Crippen LogP contribution in [0.1, 0.15) is 16.8 Å². The number of nitrogens with one attached hydrogen (secondary N) is 1. The van der Waals surface area contributed by atoms with Gasteiger partial charge in [0.05, 0.1) is 5.56 Å². The van der Waals surface area contributed by atoms with Crippen molar-refractivity contribution in [3.05, 3.63) is 36.4 Å². The van der Waals surface area contributed by atoms with Gasteiger partial charge in [0.2, 0.25) is 11.9 Å². The summed E-state index contributed by atoms with van der Waals surface area (Å²) >= 11 is 0. The average molecular weight is 357 g/mol. The first-order valence-corrected chi connectivity index (χ1v) is 8.64. The summed E-state index contributed by atoms with van der Waals surface area (Å²) in [7, 11) is 1.67. The van der Waals surface area contributed by atoms with Gasteiger partial charge in [-0.25, -0.2) is 19.9 Å². The molecule has 3 heterocycles. The Bertz CT molecular complexity index is 688. The summed E-state index contributed by atoms with van der Waals surface area (Å²) in [6.45, 7) is 4.06. The molecule has 0 saturated carbocycles. The number of amides is 1. The third kappa shape index (κ3) is 4.63. The SMILES string of the molecule is COCCCNc1ncc(C(=O)N2CCN(c3ncccn3)CC2)cn1. The molecule has 1 N–H and O–H groups in total. The molecule has 3 rings (SSSR count). The van der Waals surface area contributed by atoms with Crippen molar-refractivity contribution in [2.24, 2.45) is 0 Å². The van der Waals surface area contributed by atoms with Crippen molar-refractivity contribution in [1.29, 1.82) is 0 Å². The topological polar surface area (TPSA) is 96.4 Å². The number of anilines is 2. The molecule has 0 unspecified atom stereocenters. The molecule has 0 bridgehead atoms. The molecule has 0 aromatic carbocycles. The average Bonchev–Trinajstić information content (AvgIpc) is 2.72. The zero-order valence-electron chi connectivity index (χ0n) is 14.8. The number of hydrogen-bond acceptors (Lipinski definition) is 8. The lowest BCUT2D eigenvalue weighted by Crippen LogP contribution is -2.49. The van der Waals surface area contributed by atoms with Gasteiger partial charge in [0, 0.05) is 71.2 Å². The Balaban J connectivity index is 1.50. The molecule has 138 valence electrons. The molecule has 0 spiro atoms. The van der Waals surface area contributed by atoms with Crippen molar-refractivity contribution in [3.63, 3.8) is 0 Å². The largest absolute Gasteiger partial charge is 0.385 e.